The van der Waals surface area contributed by atoms with Gasteiger partial charge >= 0.3 is 5.97 Å². The van der Waals surface area contributed by atoms with Crippen molar-refractivity contribution in [3.05, 3.63) is 76.6 Å². The Hall–Kier alpha value is -3.12. The van der Waals surface area contributed by atoms with Gasteiger partial charge in [-0.05, 0) is 60.4 Å². The Bertz CT molecular complexity index is 1280. The first-order valence-electron chi connectivity index (χ1n) is 13.3. The Kier molecular flexibility index (Phi) is 4.88. The van der Waals surface area contributed by atoms with Gasteiger partial charge in [-0.15, -0.1) is 0 Å². The van der Waals surface area contributed by atoms with Crippen molar-refractivity contribution in [3.63, 3.8) is 0 Å². The molecule has 5 aliphatic rings. The summed E-state index contributed by atoms with van der Waals surface area (Å²) in [7, 11) is 0. The molecule has 1 saturated heterocycles. The van der Waals surface area contributed by atoms with Gasteiger partial charge < -0.3 is 14.7 Å². The number of hydrogen-bond acceptors (Lipinski definition) is 5. The molecule has 3 heterocycles. The molecule has 0 aromatic heterocycles. The fraction of sp³-hybridized carbons (Fsp3) is 0.467. The maximum absolute atomic E-state index is 11.1. The molecule has 6 nitrogen and oxygen atoms in total. The molecule has 2 saturated carbocycles. The van der Waals surface area contributed by atoms with Crippen LogP contribution in [0.5, 0.6) is 5.75 Å². The first-order valence-corrected chi connectivity index (χ1v) is 13.3. The number of piperidine rings is 1. The number of likely N-dealkylation sites (tertiary alicyclic amines) is 1. The highest BCUT2D eigenvalue weighted by atomic mass is 16.7. The molecule has 0 amide bonds. The molecule has 0 radical (unpaired) electrons. The van der Waals surface area contributed by atoms with Crippen LogP contribution in [0.15, 0.2) is 53.9 Å². The summed E-state index contributed by atoms with van der Waals surface area (Å²) in [6.07, 6.45) is 8.68. The largest absolute Gasteiger partial charge is 0.478 e. The first-order chi connectivity index (χ1) is 17.4. The van der Waals surface area contributed by atoms with Gasteiger partial charge in [-0.25, -0.2) is 4.79 Å². The van der Waals surface area contributed by atoms with E-state index in [-0.39, 0.29) is 16.6 Å². The molecule has 0 bridgehead atoms. The lowest BCUT2D eigenvalue weighted by Gasteiger charge is -2.37. The number of benzene rings is 2. The summed E-state index contributed by atoms with van der Waals surface area (Å²) in [6, 6.07) is 11.8. The van der Waals surface area contributed by atoms with Gasteiger partial charge in [0.15, 0.2) is 0 Å². The third-order valence-corrected chi connectivity index (χ3v) is 8.88. The number of carboxylic acid groups (broad SMARTS) is 1. The monoisotopic (exact) mass is 484 g/mol. The van der Waals surface area contributed by atoms with Crippen LogP contribution in [0, 0.1) is 0 Å². The molecular formula is C30H32N2O4. The summed E-state index contributed by atoms with van der Waals surface area (Å²) in [5.74, 6) is 1.81. The number of oxime groups is 1. The highest BCUT2D eigenvalue weighted by Gasteiger charge is 2.50. The number of carbonyl (C=O) groups is 1. The molecule has 0 atom stereocenters. The number of carboxylic acids is 1. The van der Waals surface area contributed by atoms with Crippen molar-refractivity contribution in [1.82, 2.24) is 4.90 Å². The van der Waals surface area contributed by atoms with Gasteiger partial charge in [0.05, 0.1) is 17.0 Å². The topological polar surface area (TPSA) is 71.4 Å². The van der Waals surface area contributed by atoms with Crippen LogP contribution in [-0.4, -0.2) is 40.4 Å². The summed E-state index contributed by atoms with van der Waals surface area (Å²) in [6.45, 7) is 7.11. The van der Waals surface area contributed by atoms with Crippen molar-refractivity contribution in [3.8, 4) is 5.75 Å². The minimum Gasteiger partial charge on any atom is -0.478 e. The van der Waals surface area contributed by atoms with E-state index in [1.54, 1.807) is 12.1 Å². The minimum atomic E-state index is -0.913. The average Bonchev–Trinajstić information content (AvgIpc) is 3.81. The van der Waals surface area contributed by atoms with Crippen LogP contribution in [0.4, 0.5) is 0 Å². The lowest BCUT2D eigenvalue weighted by Crippen LogP contribution is -2.44. The molecule has 1 N–H and O–H groups in total. The highest BCUT2D eigenvalue weighted by Crippen LogP contribution is 2.60. The van der Waals surface area contributed by atoms with Crippen molar-refractivity contribution in [2.24, 2.45) is 5.16 Å². The number of nitrogens with zero attached hydrogens (tertiary/aromatic N) is 2. The van der Waals surface area contributed by atoms with E-state index in [1.807, 2.05) is 12.1 Å². The predicted molar refractivity (Wildman–Crippen MR) is 137 cm³/mol. The molecule has 2 aromatic carbocycles. The van der Waals surface area contributed by atoms with Gasteiger partial charge in [-0.1, -0.05) is 36.0 Å². The lowest BCUT2D eigenvalue weighted by atomic mass is 9.84. The van der Waals surface area contributed by atoms with E-state index in [2.05, 4.69) is 28.8 Å². The van der Waals surface area contributed by atoms with Crippen molar-refractivity contribution >= 4 is 11.7 Å². The van der Waals surface area contributed by atoms with Crippen LogP contribution in [0.2, 0.25) is 0 Å². The molecule has 2 aliphatic carbocycles. The van der Waals surface area contributed by atoms with E-state index in [0.29, 0.717) is 5.92 Å². The van der Waals surface area contributed by atoms with E-state index in [4.69, 9.17) is 14.7 Å². The van der Waals surface area contributed by atoms with Crippen LogP contribution in [0.25, 0.3) is 0 Å². The summed E-state index contributed by atoms with van der Waals surface area (Å²) < 4.78 is 6.25. The zero-order valence-corrected chi connectivity index (χ0v) is 20.6. The predicted octanol–water partition coefficient (Wildman–Crippen LogP) is 5.75. The van der Waals surface area contributed by atoms with E-state index in [9.17, 15) is 4.79 Å². The SMILES string of the molecule is C=C1CC2(CC2)c2cc(CN3CCC4(CC3)CC(c3ccc(C(=O)O)cc3)=NO4)cc(C3CC3)c2O1. The van der Waals surface area contributed by atoms with Crippen LogP contribution in [0.1, 0.15) is 89.9 Å². The Morgan fingerprint density at radius 2 is 1.83 bits per heavy atom. The summed E-state index contributed by atoms with van der Waals surface area (Å²) in [4.78, 5) is 19.7. The van der Waals surface area contributed by atoms with Gasteiger partial charge in [-0.2, -0.15) is 0 Å². The Balaban J connectivity index is 1.03. The molecule has 7 rings (SSSR count). The second kappa shape index (κ2) is 7.94. The quantitative estimate of drug-likeness (QED) is 0.585. The van der Waals surface area contributed by atoms with Crippen molar-refractivity contribution in [2.45, 2.75) is 74.8 Å². The van der Waals surface area contributed by atoms with Crippen LogP contribution < -0.4 is 4.74 Å². The average molecular weight is 485 g/mol. The maximum atomic E-state index is 11.1. The van der Waals surface area contributed by atoms with E-state index >= 15 is 0 Å². The summed E-state index contributed by atoms with van der Waals surface area (Å²) in [5.41, 5.74) is 6.46. The van der Waals surface area contributed by atoms with Crippen molar-refractivity contribution < 1.29 is 19.5 Å². The smallest absolute Gasteiger partial charge is 0.335 e. The molecule has 2 spiro atoms. The minimum absolute atomic E-state index is 0.237. The second-order valence-corrected chi connectivity index (χ2v) is 11.6. The van der Waals surface area contributed by atoms with Gasteiger partial charge in [0, 0.05) is 56.3 Å². The number of ether oxygens (including phenoxy) is 1. The fourth-order valence-electron chi connectivity index (χ4n) is 6.39. The maximum Gasteiger partial charge on any atom is 0.335 e. The Morgan fingerprint density at radius 3 is 2.50 bits per heavy atom. The normalized spacial score (nSPS) is 23.7. The number of aromatic carboxylic acids is 1. The van der Waals surface area contributed by atoms with Gasteiger partial charge in [0.25, 0.3) is 0 Å². The standard InChI is InChI=1S/C30H32N2O4/c1-19-16-29(8-9-29)25-15-20(14-24(21-2-3-21)27(25)35-19)18-32-12-10-30(11-13-32)17-26(31-36-30)22-4-6-23(7-5-22)28(33)34/h4-7,14-15,21H,1-3,8-13,16-18H2,(H,33,34). The van der Waals surface area contributed by atoms with Crippen molar-refractivity contribution in [2.75, 3.05) is 13.1 Å². The molecular weight excluding hydrogens is 452 g/mol. The molecule has 3 aliphatic heterocycles. The van der Waals surface area contributed by atoms with Crippen LogP contribution in [0.3, 0.4) is 0 Å². The van der Waals surface area contributed by atoms with Crippen LogP contribution in [-0.2, 0) is 16.8 Å². The highest BCUT2D eigenvalue weighted by molar-refractivity contribution is 6.02. The third kappa shape index (κ3) is 3.83. The van der Waals surface area contributed by atoms with E-state index in [0.717, 1.165) is 68.1 Å². The Labute approximate surface area is 211 Å². The summed E-state index contributed by atoms with van der Waals surface area (Å²) in [5, 5.41) is 13.6. The number of fused-ring (bicyclic) bond motifs is 2. The third-order valence-electron chi connectivity index (χ3n) is 8.88. The number of allylic oxidation sites excluding steroid dienone is 1. The number of hydrogen-bond donors (Lipinski definition) is 1. The first kappa shape index (κ1) is 22.1. The van der Waals surface area contributed by atoms with Crippen LogP contribution >= 0.6 is 0 Å². The zero-order chi connectivity index (χ0) is 24.5. The van der Waals surface area contributed by atoms with E-state index in [1.165, 1.54) is 42.4 Å². The summed E-state index contributed by atoms with van der Waals surface area (Å²) >= 11 is 0. The lowest BCUT2D eigenvalue weighted by molar-refractivity contribution is -0.0627. The van der Waals surface area contributed by atoms with Crippen molar-refractivity contribution in [1.29, 1.82) is 0 Å². The van der Waals surface area contributed by atoms with Gasteiger partial charge in [0.2, 0.25) is 0 Å². The number of rotatable bonds is 5. The molecule has 3 fully saturated rings. The molecule has 186 valence electrons. The van der Waals surface area contributed by atoms with E-state index < -0.39 is 5.97 Å². The molecule has 36 heavy (non-hydrogen) atoms. The van der Waals surface area contributed by atoms with Gasteiger partial charge in [0.1, 0.15) is 11.4 Å². The Morgan fingerprint density at radius 1 is 1.08 bits per heavy atom. The van der Waals surface area contributed by atoms with Gasteiger partial charge in [-0.3, -0.25) is 4.90 Å². The molecule has 0 unspecified atom stereocenters. The molecule has 2 aromatic rings. The fourth-order valence-corrected chi connectivity index (χ4v) is 6.39. The zero-order valence-electron chi connectivity index (χ0n) is 20.6. The molecule has 6 heteroatoms. The second-order valence-electron chi connectivity index (χ2n) is 11.6.